The van der Waals surface area contributed by atoms with Crippen LogP contribution in [0.25, 0.3) is 0 Å². The number of rotatable bonds is 3. The molecule has 0 spiro atoms. The van der Waals surface area contributed by atoms with Crippen molar-refractivity contribution in [2.24, 2.45) is 22.7 Å². The first kappa shape index (κ1) is 18.2. The van der Waals surface area contributed by atoms with Crippen molar-refractivity contribution in [3.05, 3.63) is 35.6 Å². The number of carbonyl (C=O) groups excluding carboxylic acids is 2. The third-order valence-corrected chi connectivity index (χ3v) is 7.57. The molecule has 136 valence electrons. The van der Waals surface area contributed by atoms with Crippen molar-refractivity contribution in [3.8, 4) is 0 Å². The van der Waals surface area contributed by atoms with Crippen LogP contribution in [0.5, 0.6) is 0 Å². The molecule has 0 aromatic rings. The van der Waals surface area contributed by atoms with E-state index >= 15 is 0 Å². The maximum absolute atomic E-state index is 12.6. The van der Waals surface area contributed by atoms with Crippen LogP contribution in [0.15, 0.2) is 35.6 Å². The molecule has 0 aliphatic heterocycles. The fourth-order valence-corrected chi connectivity index (χ4v) is 5.61. The van der Waals surface area contributed by atoms with E-state index < -0.39 is 0 Å². The highest BCUT2D eigenvalue weighted by molar-refractivity contribution is 6.19. The van der Waals surface area contributed by atoms with E-state index in [9.17, 15) is 9.59 Å². The largest absolute Gasteiger partial charge is 0.385 e. The van der Waals surface area contributed by atoms with E-state index in [1.807, 2.05) is 0 Å². The lowest BCUT2D eigenvalue weighted by Crippen LogP contribution is -2.50. The van der Waals surface area contributed by atoms with Crippen LogP contribution < -0.4 is 5.32 Å². The normalized spacial score (nSPS) is 38.8. The molecule has 25 heavy (non-hydrogen) atoms. The van der Waals surface area contributed by atoms with Gasteiger partial charge < -0.3 is 5.32 Å². The minimum Gasteiger partial charge on any atom is -0.385 e. The van der Waals surface area contributed by atoms with E-state index in [0.717, 1.165) is 12.8 Å². The molecule has 4 atom stereocenters. The summed E-state index contributed by atoms with van der Waals surface area (Å²) in [5.41, 5.74) is 2.67. The molecular weight excluding hydrogens is 310 g/mol. The maximum atomic E-state index is 12.6. The molecule has 2 fully saturated rings. The van der Waals surface area contributed by atoms with Gasteiger partial charge in [0.15, 0.2) is 5.78 Å². The highest BCUT2D eigenvalue weighted by atomic mass is 16.1. The summed E-state index contributed by atoms with van der Waals surface area (Å²) in [5.74, 6) is 0.970. The molecule has 4 unspecified atom stereocenters. The van der Waals surface area contributed by atoms with Gasteiger partial charge in [-0.25, -0.2) is 0 Å². The van der Waals surface area contributed by atoms with Crippen molar-refractivity contribution in [2.75, 3.05) is 7.05 Å². The molecule has 3 rings (SSSR count). The van der Waals surface area contributed by atoms with Crippen molar-refractivity contribution < 1.29 is 9.59 Å². The summed E-state index contributed by atoms with van der Waals surface area (Å²) >= 11 is 0. The van der Waals surface area contributed by atoms with Gasteiger partial charge >= 0.3 is 0 Å². The van der Waals surface area contributed by atoms with Gasteiger partial charge in [0.25, 0.3) is 0 Å². The van der Waals surface area contributed by atoms with Gasteiger partial charge in [0.1, 0.15) is 0 Å². The molecular formula is C22H31NO2. The van der Waals surface area contributed by atoms with Crippen molar-refractivity contribution >= 4 is 11.6 Å². The molecule has 1 N–H and O–H groups in total. The monoisotopic (exact) mass is 341 g/mol. The Morgan fingerprint density at radius 2 is 1.92 bits per heavy atom. The predicted octanol–water partition coefficient (Wildman–Crippen LogP) is 4.36. The van der Waals surface area contributed by atoms with Gasteiger partial charge in [0.05, 0.1) is 5.70 Å². The third kappa shape index (κ3) is 2.82. The predicted molar refractivity (Wildman–Crippen MR) is 101 cm³/mol. The number of hydrogen-bond donors (Lipinski definition) is 1. The van der Waals surface area contributed by atoms with Gasteiger partial charge in [-0.3, -0.25) is 9.59 Å². The van der Waals surface area contributed by atoms with Crippen molar-refractivity contribution in [1.82, 2.24) is 5.32 Å². The standard InChI is InChI=1S/C22H31NO2/c1-14-7-6-8-20-21(14,3)10-9-15(2)22(20,4)13-16-11-19(25)17(23-5)12-18(16)24/h11-12,15,20,23H,1,6-10,13H2,2-5H3. The van der Waals surface area contributed by atoms with Crippen molar-refractivity contribution in [3.63, 3.8) is 0 Å². The minimum atomic E-state index is -0.0834. The second-order valence-corrected chi connectivity index (χ2v) is 8.79. The number of carbonyl (C=O) groups is 2. The zero-order chi connectivity index (χ0) is 18.4. The summed E-state index contributed by atoms with van der Waals surface area (Å²) in [5, 5.41) is 2.82. The van der Waals surface area contributed by atoms with Gasteiger partial charge in [-0.15, -0.1) is 0 Å². The zero-order valence-electron chi connectivity index (χ0n) is 16.1. The summed E-state index contributed by atoms with van der Waals surface area (Å²) in [4.78, 5) is 24.8. The molecule has 3 aliphatic carbocycles. The summed E-state index contributed by atoms with van der Waals surface area (Å²) < 4.78 is 0. The first-order valence-electron chi connectivity index (χ1n) is 9.59. The lowest BCUT2D eigenvalue weighted by atomic mass is 9.46. The lowest BCUT2D eigenvalue weighted by Gasteiger charge is -2.59. The highest BCUT2D eigenvalue weighted by Crippen LogP contribution is 2.63. The van der Waals surface area contributed by atoms with E-state index in [0.29, 0.717) is 29.5 Å². The summed E-state index contributed by atoms with van der Waals surface area (Å²) in [7, 11) is 1.68. The molecule has 0 bridgehead atoms. The van der Waals surface area contributed by atoms with Crippen molar-refractivity contribution in [2.45, 2.75) is 59.3 Å². The number of hydrogen-bond acceptors (Lipinski definition) is 3. The summed E-state index contributed by atoms with van der Waals surface area (Å²) in [6, 6.07) is 0. The smallest absolute Gasteiger partial charge is 0.202 e. The van der Waals surface area contributed by atoms with Gasteiger partial charge in [-0.2, -0.15) is 0 Å². The second-order valence-electron chi connectivity index (χ2n) is 8.79. The van der Waals surface area contributed by atoms with E-state index in [4.69, 9.17) is 0 Å². The van der Waals surface area contributed by atoms with Crippen LogP contribution in [0.3, 0.4) is 0 Å². The topological polar surface area (TPSA) is 46.2 Å². The van der Waals surface area contributed by atoms with Crippen LogP contribution >= 0.6 is 0 Å². The van der Waals surface area contributed by atoms with Gasteiger partial charge in [-0.1, -0.05) is 32.9 Å². The Bertz CT molecular complexity index is 686. The number of fused-ring (bicyclic) bond motifs is 1. The molecule has 3 nitrogen and oxygen atoms in total. The minimum absolute atomic E-state index is 0.0145. The average molecular weight is 341 g/mol. The van der Waals surface area contributed by atoms with Crippen LogP contribution in [0, 0.1) is 22.7 Å². The molecule has 3 heteroatoms. The molecule has 3 aliphatic rings. The number of allylic oxidation sites excluding steroid dienone is 4. The SMILES string of the molecule is C=C1CCCC2C1(C)CCC(C)C2(C)CC1=CC(=O)C(NC)=CC1=O. The van der Waals surface area contributed by atoms with E-state index in [-0.39, 0.29) is 22.4 Å². The van der Waals surface area contributed by atoms with Crippen LogP contribution in [0.2, 0.25) is 0 Å². The molecule has 0 aromatic heterocycles. The fourth-order valence-electron chi connectivity index (χ4n) is 5.61. The molecule has 0 heterocycles. The van der Waals surface area contributed by atoms with Crippen LogP contribution in [-0.2, 0) is 9.59 Å². The molecule has 0 saturated heterocycles. The Hall–Kier alpha value is -1.64. The average Bonchev–Trinajstić information content (AvgIpc) is 2.57. The number of nitrogens with one attached hydrogen (secondary N) is 1. The Balaban J connectivity index is 1.93. The number of ketones is 2. The zero-order valence-corrected chi connectivity index (χ0v) is 16.1. The van der Waals surface area contributed by atoms with E-state index in [1.165, 1.54) is 30.9 Å². The lowest BCUT2D eigenvalue weighted by molar-refractivity contribution is -0.116. The Labute approximate surface area is 151 Å². The number of likely N-dealkylation sites (N-methyl/N-ethyl adjacent to an activating group) is 1. The third-order valence-electron chi connectivity index (χ3n) is 7.57. The summed E-state index contributed by atoms with van der Waals surface area (Å²) in [6.45, 7) is 11.4. The van der Waals surface area contributed by atoms with E-state index in [2.05, 4.69) is 32.7 Å². The quantitative estimate of drug-likeness (QED) is 0.613. The molecule has 2 saturated carbocycles. The fraction of sp³-hybridized carbons (Fsp3) is 0.636. The van der Waals surface area contributed by atoms with Crippen LogP contribution in [0.1, 0.15) is 59.3 Å². The van der Waals surface area contributed by atoms with Gasteiger partial charge in [0, 0.05) is 18.7 Å². The molecule has 0 radical (unpaired) electrons. The Morgan fingerprint density at radius 1 is 1.20 bits per heavy atom. The Kier molecular flexibility index (Phi) is 4.55. The molecule has 0 amide bonds. The van der Waals surface area contributed by atoms with Gasteiger partial charge in [0.2, 0.25) is 5.78 Å². The maximum Gasteiger partial charge on any atom is 0.202 e. The summed E-state index contributed by atoms with van der Waals surface area (Å²) in [6.07, 6.45) is 9.61. The molecule has 0 aromatic carbocycles. The first-order valence-corrected chi connectivity index (χ1v) is 9.59. The Morgan fingerprint density at radius 3 is 2.60 bits per heavy atom. The first-order chi connectivity index (χ1) is 11.7. The second kappa shape index (κ2) is 6.26. The van der Waals surface area contributed by atoms with Crippen LogP contribution in [0.4, 0.5) is 0 Å². The van der Waals surface area contributed by atoms with E-state index in [1.54, 1.807) is 13.1 Å². The van der Waals surface area contributed by atoms with Crippen molar-refractivity contribution in [1.29, 1.82) is 0 Å². The van der Waals surface area contributed by atoms with Gasteiger partial charge in [-0.05, 0) is 67.3 Å². The highest BCUT2D eigenvalue weighted by Gasteiger charge is 2.54. The van der Waals surface area contributed by atoms with Crippen LogP contribution in [-0.4, -0.2) is 18.6 Å².